The highest BCUT2D eigenvalue weighted by molar-refractivity contribution is 5.89. The molecule has 0 aliphatic rings. The average molecular weight is 515 g/mol. The Morgan fingerprint density at radius 3 is 1.78 bits per heavy atom. The number of nitrogens with one attached hydrogen (secondary N) is 2. The Labute approximate surface area is 211 Å². The number of alkyl carbamates (subject to hydrolysis) is 1. The van der Waals surface area contributed by atoms with Crippen LogP contribution >= 0.6 is 0 Å². The van der Waals surface area contributed by atoms with Crippen molar-refractivity contribution in [3.8, 4) is 0 Å². The second kappa shape index (κ2) is 12.6. The number of amides is 2. The maximum Gasteiger partial charge on any atom is 0.416 e. The number of carboxylic acids is 1. The average Bonchev–Trinajstić information content (AvgIpc) is 2.87. The lowest BCUT2D eigenvalue weighted by Gasteiger charge is -2.22. The largest absolute Gasteiger partial charge is 0.480 e. The molecule has 0 unspecified atom stereocenters. The Bertz CT molecular complexity index is 1190. The number of alkyl halides is 3. The molecule has 37 heavy (non-hydrogen) atoms. The number of carboxylic acid groups (broad SMARTS) is 1. The Hall–Kier alpha value is -4.34. The van der Waals surface area contributed by atoms with Gasteiger partial charge in [-0.3, -0.25) is 4.79 Å². The van der Waals surface area contributed by atoms with Gasteiger partial charge in [0.05, 0.1) is 5.56 Å². The summed E-state index contributed by atoms with van der Waals surface area (Å²) in [6.07, 6.45) is -5.59. The summed E-state index contributed by atoms with van der Waals surface area (Å²) in [5.74, 6) is -2.15. The van der Waals surface area contributed by atoms with Gasteiger partial charge >= 0.3 is 18.2 Å². The monoisotopic (exact) mass is 514 g/mol. The number of benzene rings is 3. The van der Waals surface area contributed by atoms with Crippen LogP contribution in [0, 0.1) is 0 Å². The van der Waals surface area contributed by atoms with Crippen molar-refractivity contribution in [3.05, 3.63) is 107 Å². The molecule has 3 N–H and O–H groups in total. The van der Waals surface area contributed by atoms with E-state index in [0.29, 0.717) is 5.56 Å². The van der Waals surface area contributed by atoms with Crippen LogP contribution in [0.1, 0.15) is 22.3 Å². The standard InChI is InChI=1S/C27H25F3N2O5/c28-27(29,30)21-13-11-19(12-14-21)16-23(25(34)35)31-24(33)22(15-18-7-3-1-4-8-18)32-26(36)37-17-20-9-5-2-6-10-20/h1-14,22-23H,15-17H2,(H,31,33)(H,32,36)(H,34,35)/t22-,23+/m1/s1. The quantitative estimate of drug-likeness (QED) is 0.373. The van der Waals surface area contributed by atoms with E-state index in [1.165, 1.54) is 0 Å². The van der Waals surface area contributed by atoms with Gasteiger partial charge in [0.1, 0.15) is 18.7 Å². The van der Waals surface area contributed by atoms with Gasteiger partial charge in [-0.05, 0) is 28.8 Å². The van der Waals surface area contributed by atoms with Crippen molar-refractivity contribution in [2.24, 2.45) is 0 Å². The fourth-order valence-electron chi connectivity index (χ4n) is 3.50. The van der Waals surface area contributed by atoms with Gasteiger partial charge in [-0.1, -0.05) is 72.8 Å². The van der Waals surface area contributed by atoms with Crippen molar-refractivity contribution in [3.63, 3.8) is 0 Å². The summed E-state index contributed by atoms with van der Waals surface area (Å²) < 4.78 is 43.6. The molecule has 0 spiro atoms. The van der Waals surface area contributed by atoms with Gasteiger partial charge in [0.2, 0.25) is 5.91 Å². The normalized spacial score (nSPS) is 12.7. The molecule has 0 fully saturated rings. The van der Waals surface area contributed by atoms with Crippen molar-refractivity contribution in [2.75, 3.05) is 0 Å². The van der Waals surface area contributed by atoms with Gasteiger partial charge in [-0.25, -0.2) is 9.59 Å². The highest BCUT2D eigenvalue weighted by Gasteiger charge is 2.31. The number of hydrogen-bond acceptors (Lipinski definition) is 4. The zero-order chi connectivity index (χ0) is 26.8. The van der Waals surface area contributed by atoms with Crippen LogP contribution < -0.4 is 10.6 Å². The predicted octanol–water partition coefficient (Wildman–Crippen LogP) is 4.36. The van der Waals surface area contributed by atoms with Crippen LogP contribution in [-0.2, 0) is 40.0 Å². The van der Waals surface area contributed by atoms with E-state index >= 15 is 0 Å². The molecule has 2 atom stereocenters. The molecule has 3 aromatic carbocycles. The maximum absolute atomic E-state index is 13.1. The van der Waals surface area contributed by atoms with Gasteiger partial charge in [-0.2, -0.15) is 13.2 Å². The Morgan fingerprint density at radius 2 is 1.24 bits per heavy atom. The third-order valence-corrected chi connectivity index (χ3v) is 5.44. The lowest BCUT2D eigenvalue weighted by atomic mass is 10.0. The third kappa shape index (κ3) is 8.68. The summed E-state index contributed by atoms with van der Waals surface area (Å²) >= 11 is 0. The summed E-state index contributed by atoms with van der Waals surface area (Å²) in [6.45, 7) is -0.0297. The lowest BCUT2D eigenvalue weighted by molar-refractivity contribution is -0.142. The van der Waals surface area contributed by atoms with E-state index in [0.717, 1.165) is 29.8 Å². The molecular formula is C27H25F3N2O5. The fourth-order valence-corrected chi connectivity index (χ4v) is 3.50. The van der Waals surface area contributed by atoms with Crippen molar-refractivity contribution < 1.29 is 37.4 Å². The smallest absolute Gasteiger partial charge is 0.416 e. The minimum atomic E-state index is -4.52. The number of rotatable bonds is 10. The van der Waals surface area contributed by atoms with E-state index in [1.54, 1.807) is 54.6 Å². The second-order valence-electron chi connectivity index (χ2n) is 8.25. The van der Waals surface area contributed by atoms with Crippen LogP contribution in [0.25, 0.3) is 0 Å². The van der Waals surface area contributed by atoms with Gasteiger partial charge in [-0.15, -0.1) is 0 Å². The lowest BCUT2D eigenvalue weighted by Crippen LogP contribution is -2.53. The van der Waals surface area contributed by atoms with Crippen LogP contribution in [0.15, 0.2) is 84.9 Å². The van der Waals surface area contributed by atoms with Crippen molar-refractivity contribution in [1.29, 1.82) is 0 Å². The Balaban J connectivity index is 1.69. The molecule has 0 aromatic heterocycles. The van der Waals surface area contributed by atoms with Gasteiger partial charge < -0.3 is 20.5 Å². The SMILES string of the molecule is O=C(N[C@H](Cc1ccccc1)C(=O)N[C@@H](Cc1ccc(C(F)(F)F)cc1)C(=O)O)OCc1ccccc1. The van der Waals surface area contributed by atoms with Crippen LogP contribution in [0.3, 0.4) is 0 Å². The second-order valence-corrected chi connectivity index (χ2v) is 8.25. The molecule has 0 radical (unpaired) electrons. The first kappa shape index (κ1) is 27.3. The molecule has 2 amide bonds. The van der Waals surface area contributed by atoms with E-state index < -0.39 is 41.8 Å². The molecule has 194 valence electrons. The Morgan fingerprint density at radius 1 is 0.730 bits per heavy atom. The minimum Gasteiger partial charge on any atom is -0.480 e. The van der Waals surface area contributed by atoms with Crippen LogP contribution in [-0.4, -0.2) is 35.2 Å². The van der Waals surface area contributed by atoms with Crippen molar-refractivity contribution >= 4 is 18.0 Å². The third-order valence-electron chi connectivity index (χ3n) is 5.44. The predicted molar refractivity (Wildman–Crippen MR) is 128 cm³/mol. The summed E-state index contributed by atoms with van der Waals surface area (Å²) in [5, 5.41) is 14.5. The first-order valence-corrected chi connectivity index (χ1v) is 11.3. The minimum absolute atomic E-state index is 0.0297. The van der Waals surface area contributed by atoms with Crippen molar-refractivity contribution in [1.82, 2.24) is 10.6 Å². The zero-order valence-corrected chi connectivity index (χ0v) is 19.6. The molecule has 7 nitrogen and oxygen atoms in total. The molecular weight excluding hydrogens is 489 g/mol. The first-order chi connectivity index (χ1) is 17.6. The van der Waals surface area contributed by atoms with Gasteiger partial charge in [0.25, 0.3) is 0 Å². The number of ether oxygens (including phenoxy) is 1. The molecule has 0 saturated carbocycles. The molecule has 3 rings (SSSR count). The number of hydrogen-bond donors (Lipinski definition) is 3. The van der Waals surface area contributed by atoms with E-state index in [-0.39, 0.29) is 25.0 Å². The highest BCUT2D eigenvalue weighted by Crippen LogP contribution is 2.29. The number of halogens is 3. The number of aliphatic carboxylic acids is 1. The summed E-state index contributed by atoms with van der Waals surface area (Å²) in [7, 11) is 0. The fraction of sp³-hybridized carbons (Fsp3) is 0.222. The summed E-state index contributed by atoms with van der Waals surface area (Å²) in [6, 6.07) is 19.1. The maximum atomic E-state index is 13.1. The molecule has 0 heterocycles. The molecule has 10 heteroatoms. The number of carbonyl (C=O) groups is 3. The van der Waals surface area contributed by atoms with Crippen LogP contribution in [0.5, 0.6) is 0 Å². The van der Waals surface area contributed by atoms with E-state index in [2.05, 4.69) is 10.6 Å². The molecule has 0 bridgehead atoms. The topological polar surface area (TPSA) is 105 Å². The molecule has 0 saturated heterocycles. The van der Waals surface area contributed by atoms with Crippen LogP contribution in [0.4, 0.5) is 18.0 Å². The van der Waals surface area contributed by atoms with E-state index in [4.69, 9.17) is 4.74 Å². The van der Waals surface area contributed by atoms with Crippen LogP contribution in [0.2, 0.25) is 0 Å². The summed E-state index contributed by atoms with van der Waals surface area (Å²) in [4.78, 5) is 37.3. The van der Waals surface area contributed by atoms with Gasteiger partial charge in [0, 0.05) is 12.8 Å². The molecule has 0 aliphatic heterocycles. The summed E-state index contributed by atoms with van der Waals surface area (Å²) in [5.41, 5.74) is 0.869. The van der Waals surface area contributed by atoms with E-state index in [1.807, 2.05) is 6.07 Å². The molecule has 0 aliphatic carbocycles. The van der Waals surface area contributed by atoms with Crippen molar-refractivity contribution in [2.45, 2.75) is 37.7 Å². The Kier molecular flexibility index (Phi) is 9.26. The van der Waals surface area contributed by atoms with Gasteiger partial charge in [0.15, 0.2) is 0 Å². The highest BCUT2D eigenvalue weighted by atomic mass is 19.4. The molecule has 3 aromatic rings. The zero-order valence-electron chi connectivity index (χ0n) is 19.6. The first-order valence-electron chi connectivity index (χ1n) is 11.3. The number of carbonyl (C=O) groups excluding carboxylic acids is 2. The van der Waals surface area contributed by atoms with E-state index in [9.17, 15) is 32.7 Å².